The van der Waals surface area contributed by atoms with E-state index < -0.39 is 5.41 Å². The van der Waals surface area contributed by atoms with Crippen molar-refractivity contribution in [2.75, 3.05) is 13.1 Å². The molecule has 0 aliphatic carbocycles. The molecule has 196 valence electrons. The minimum absolute atomic E-state index is 0.00330. The number of likely N-dealkylation sites (tertiary alicyclic amines) is 1. The van der Waals surface area contributed by atoms with E-state index in [-0.39, 0.29) is 42.3 Å². The van der Waals surface area contributed by atoms with Crippen LogP contribution in [0.5, 0.6) is 0 Å². The Morgan fingerprint density at radius 1 is 1.05 bits per heavy atom. The van der Waals surface area contributed by atoms with Crippen LogP contribution >= 0.6 is 0 Å². The summed E-state index contributed by atoms with van der Waals surface area (Å²) in [6.45, 7) is 9.17. The van der Waals surface area contributed by atoms with Crippen LogP contribution in [0.4, 0.5) is 0 Å². The van der Waals surface area contributed by atoms with Crippen molar-refractivity contribution >= 4 is 17.8 Å². The molecule has 0 aromatic heterocycles. The first-order chi connectivity index (χ1) is 17.6. The Bertz CT molecular complexity index is 1110. The molecule has 7 nitrogen and oxygen atoms in total. The Hall–Kier alpha value is -3.66. The number of benzene rings is 2. The lowest BCUT2D eigenvalue weighted by Crippen LogP contribution is -2.56. The molecule has 1 atom stereocenters. The standard InChI is InChI=1S/C30H37N3O4/c1-21(2)27(32-28(35)25-12-10-23(19-31)11-13-25)30(3,4)29(36)33-16-14-22(15-17-33)18-26(34)37-20-24-8-6-5-7-9-24/h5-13,21-22,27H,14-18,20H2,1-4H3,(H,32,35). The highest BCUT2D eigenvalue weighted by Gasteiger charge is 2.42. The van der Waals surface area contributed by atoms with Gasteiger partial charge in [-0.05, 0) is 68.4 Å². The van der Waals surface area contributed by atoms with Gasteiger partial charge in [0, 0.05) is 31.1 Å². The van der Waals surface area contributed by atoms with Gasteiger partial charge in [0.05, 0.1) is 17.0 Å². The first-order valence-electron chi connectivity index (χ1n) is 12.9. The fourth-order valence-corrected chi connectivity index (χ4v) is 5.01. The summed E-state index contributed by atoms with van der Waals surface area (Å²) in [6, 6.07) is 17.7. The number of rotatable bonds is 9. The van der Waals surface area contributed by atoms with Crippen molar-refractivity contribution < 1.29 is 19.1 Å². The van der Waals surface area contributed by atoms with Crippen molar-refractivity contribution in [2.24, 2.45) is 17.3 Å². The van der Waals surface area contributed by atoms with Gasteiger partial charge >= 0.3 is 5.97 Å². The second-order valence-corrected chi connectivity index (χ2v) is 10.7. The van der Waals surface area contributed by atoms with Crippen LogP contribution in [0.1, 0.15) is 68.4 Å². The van der Waals surface area contributed by atoms with E-state index in [9.17, 15) is 14.4 Å². The molecule has 1 fully saturated rings. The summed E-state index contributed by atoms with van der Waals surface area (Å²) in [5.41, 5.74) is 1.08. The number of hydrogen-bond donors (Lipinski definition) is 1. The maximum absolute atomic E-state index is 13.6. The SMILES string of the molecule is CC(C)C(NC(=O)c1ccc(C#N)cc1)C(C)(C)C(=O)N1CCC(CC(=O)OCc2ccccc2)CC1. The van der Waals surface area contributed by atoms with E-state index in [0.29, 0.717) is 30.6 Å². The van der Waals surface area contributed by atoms with E-state index in [1.54, 1.807) is 24.3 Å². The number of carbonyl (C=O) groups excluding carboxylic acids is 3. The fraction of sp³-hybridized carbons (Fsp3) is 0.467. The molecule has 1 saturated heterocycles. The highest BCUT2D eigenvalue weighted by molar-refractivity contribution is 5.95. The lowest BCUT2D eigenvalue weighted by atomic mass is 9.76. The topological polar surface area (TPSA) is 99.5 Å². The first-order valence-corrected chi connectivity index (χ1v) is 12.9. The lowest BCUT2D eigenvalue weighted by Gasteiger charge is -2.42. The third kappa shape index (κ3) is 7.42. The molecule has 2 aromatic rings. The monoisotopic (exact) mass is 503 g/mol. The summed E-state index contributed by atoms with van der Waals surface area (Å²) in [7, 11) is 0. The number of nitrogens with zero attached hydrogens (tertiary/aromatic N) is 2. The zero-order valence-corrected chi connectivity index (χ0v) is 22.2. The van der Waals surface area contributed by atoms with E-state index in [0.717, 1.165) is 18.4 Å². The van der Waals surface area contributed by atoms with E-state index in [4.69, 9.17) is 10.00 Å². The summed E-state index contributed by atoms with van der Waals surface area (Å²) < 4.78 is 5.43. The van der Waals surface area contributed by atoms with Crippen LogP contribution in [0.3, 0.4) is 0 Å². The zero-order valence-electron chi connectivity index (χ0n) is 22.2. The molecule has 1 aliphatic heterocycles. The minimum Gasteiger partial charge on any atom is -0.461 e. The largest absolute Gasteiger partial charge is 0.461 e. The smallest absolute Gasteiger partial charge is 0.306 e. The lowest BCUT2D eigenvalue weighted by molar-refractivity contribution is -0.147. The van der Waals surface area contributed by atoms with Gasteiger partial charge in [-0.1, -0.05) is 44.2 Å². The van der Waals surface area contributed by atoms with Gasteiger partial charge in [0.1, 0.15) is 6.61 Å². The Morgan fingerprint density at radius 2 is 1.68 bits per heavy atom. The Morgan fingerprint density at radius 3 is 2.24 bits per heavy atom. The number of amides is 2. The minimum atomic E-state index is -0.822. The molecule has 1 aliphatic rings. The molecule has 1 unspecified atom stereocenters. The Balaban J connectivity index is 1.54. The summed E-state index contributed by atoms with van der Waals surface area (Å²) >= 11 is 0. The quantitative estimate of drug-likeness (QED) is 0.500. The van der Waals surface area contributed by atoms with E-state index in [1.165, 1.54) is 0 Å². The average molecular weight is 504 g/mol. The Kier molecular flexibility index (Phi) is 9.46. The van der Waals surface area contributed by atoms with Gasteiger partial charge in [-0.15, -0.1) is 0 Å². The van der Waals surface area contributed by atoms with Gasteiger partial charge < -0.3 is 15.0 Å². The number of piperidine rings is 1. The summed E-state index contributed by atoms with van der Waals surface area (Å²) in [4.78, 5) is 40.7. The van der Waals surface area contributed by atoms with Gasteiger partial charge in [0.25, 0.3) is 5.91 Å². The molecular formula is C30H37N3O4. The van der Waals surface area contributed by atoms with Gasteiger partial charge in [-0.3, -0.25) is 14.4 Å². The van der Waals surface area contributed by atoms with Crippen LogP contribution in [0.15, 0.2) is 54.6 Å². The van der Waals surface area contributed by atoms with Gasteiger partial charge in [-0.25, -0.2) is 0 Å². The number of nitrogens with one attached hydrogen (secondary N) is 1. The second kappa shape index (κ2) is 12.5. The average Bonchev–Trinajstić information content (AvgIpc) is 2.90. The van der Waals surface area contributed by atoms with Crippen LogP contribution < -0.4 is 5.32 Å². The van der Waals surface area contributed by atoms with Crippen molar-refractivity contribution in [3.8, 4) is 6.07 Å². The van der Waals surface area contributed by atoms with Gasteiger partial charge in [0.2, 0.25) is 5.91 Å². The predicted octanol–water partition coefficient (Wildman–Crippen LogP) is 4.71. The summed E-state index contributed by atoms with van der Waals surface area (Å²) in [5, 5.41) is 12.1. The molecule has 1 heterocycles. The number of esters is 1. The molecule has 2 amide bonds. The third-order valence-corrected chi connectivity index (χ3v) is 7.16. The van der Waals surface area contributed by atoms with Crippen LogP contribution in [-0.4, -0.2) is 41.8 Å². The van der Waals surface area contributed by atoms with Crippen molar-refractivity contribution in [3.05, 3.63) is 71.3 Å². The number of nitriles is 1. The van der Waals surface area contributed by atoms with Crippen molar-refractivity contribution in [1.82, 2.24) is 10.2 Å². The zero-order chi connectivity index (χ0) is 27.0. The van der Waals surface area contributed by atoms with Crippen LogP contribution in [0, 0.1) is 28.6 Å². The number of carbonyl (C=O) groups is 3. The Labute approximate surface area is 219 Å². The highest BCUT2D eigenvalue weighted by Crippen LogP contribution is 2.32. The van der Waals surface area contributed by atoms with Gasteiger partial charge in [-0.2, -0.15) is 5.26 Å². The molecule has 0 spiro atoms. The van der Waals surface area contributed by atoms with Crippen LogP contribution in [0.2, 0.25) is 0 Å². The van der Waals surface area contributed by atoms with E-state index in [1.807, 2.05) is 69.0 Å². The maximum Gasteiger partial charge on any atom is 0.306 e. The van der Waals surface area contributed by atoms with E-state index >= 15 is 0 Å². The highest BCUT2D eigenvalue weighted by atomic mass is 16.5. The third-order valence-electron chi connectivity index (χ3n) is 7.16. The summed E-state index contributed by atoms with van der Waals surface area (Å²) in [5.74, 6) is -0.266. The second-order valence-electron chi connectivity index (χ2n) is 10.7. The molecule has 0 saturated carbocycles. The predicted molar refractivity (Wildman–Crippen MR) is 141 cm³/mol. The van der Waals surface area contributed by atoms with Crippen molar-refractivity contribution in [3.63, 3.8) is 0 Å². The fourth-order valence-electron chi connectivity index (χ4n) is 5.01. The van der Waals surface area contributed by atoms with Crippen LogP contribution in [0.25, 0.3) is 0 Å². The maximum atomic E-state index is 13.6. The van der Waals surface area contributed by atoms with Crippen LogP contribution in [-0.2, 0) is 20.9 Å². The number of ether oxygens (including phenoxy) is 1. The molecular weight excluding hydrogens is 466 g/mol. The normalized spacial score (nSPS) is 15.1. The summed E-state index contributed by atoms with van der Waals surface area (Å²) in [6.07, 6.45) is 1.84. The van der Waals surface area contributed by atoms with E-state index in [2.05, 4.69) is 5.32 Å². The molecule has 37 heavy (non-hydrogen) atoms. The van der Waals surface area contributed by atoms with Gasteiger partial charge in [0.15, 0.2) is 0 Å². The molecule has 0 bridgehead atoms. The van der Waals surface area contributed by atoms with Crippen molar-refractivity contribution in [2.45, 2.75) is 59.6 Å². The molecule has 2 aromatic carbocycles. The first kappa shape index (κ1) is 27.9. The van der Waals surface area contributed by atoms with Crippen molar-refractivity contribution in [1.29, 1.82) is 5.26 Å². The number of hydrogen-bond acceptors (Lipinski definition) is 5. The molecule has 0 radical (unpaired) electrons. The molecule has 1 N–H and O–H groups in total. The molecule has 7 heteroatoms. The molecule has 3 rings (SSSR count).